The van der Waals surface area contributed by atoms with Gasteiger partial charge in [-0.05, 0) is 17.5 Å². The minimum absolute atomic E-state index is 0.285. The van der Waals surface area contributed by atoms with Gasteiger partial charge in [0.25, 0.3) is 5.56 Å². The van der Waals surface area contributed by atoms with Crippen molar-refractivity contribution in [1.82, 2.24) is 9.55 Å². The van der Waals surface area contributed by atoms with Gasteiger partial charge in [-0.15, -0.1) is 0 Å². The van der Waals surface area contributed by atoms with Crippen molar-refractivity contribution < 1.29 is 18.0 Å². The second kappa shape index (κ2) is 7.16. The molecule has 2 aromatic carbocycles. The first kappa shape index (κ1) is 19.4. The second-order valence-corrected chi connectivity index (χ2v) is 7.65. The Morgan fingerprint density at radius 2 is 1.97 bits per heavy atom. The third-order valence-corrected chi connectivity index (χ3v) is 5.42. The molecule has 0 bridgehead atoms. The quantitative estimate of drug-likeness (QED) is 0.494. The van der Waals surface area contributed by atoms with Gasteiger partial charge in [-0.3, -0.25) is 9.59 Å². The highest BCUT2D eigenvalue weighted by Crippen LogP contribution is 2.32. The van der Waals surface area contributed by atoms with Crippen molar-refractivity contribution in [1.29, 1.82) is 0 Å². The van der Waals surface area contributed by atoms with E-state index in [0.29, 0.717) is 22.3 Å². The van der Waals surface area contributed by atoms with Crippen LogP contribution in [-0.4, -0.2) is 15.5 Å². The van der Waals surface area contributed by atoms with Gasteiger partial charge in [-0.25, -0.2) is 4.98 Å². The van der Waals surface area contributed by atoms with Crippen LogP contribution >= 0.6 is 22.9 Å². The summed E-state index contributed by atoms with van der Waals surface area (Å²) >= 11 is 6.83. The molecule has 0 aliphatic carbocycles. The zero-order chi connectivity index (χ0) is 20.8. The number of hydrogen-bond donors (Lipinski definition) is 1. The van der Waals surface area contributed by atoms with Gasteiger partial charge in [0.05, 0.1) is 15.8 Å². The maximum Gasteiger partial charge on any atom is 0.417 e. The van der Waals surface area contributed by atoms with Crippen molar-refractivity contribution in [3.05, 3.63) is 69.6 Å². The van der Waals surface area contributed by atoms with Gasteiger partial charge in [0.2, 0.25) is 5.91 Å². The predicted molar refractivity (Wildman–Crippen MR) is 106 cm³/mol. The van der Waals surface area contributed by atoms with Crippen LogP contribution in [0.5, 0.6) is 0 Å². The molecule has 2 aromatic heterocycles. The van der Waals surface area contributed by atoms with E-state index in [1.807, 2.05) is 36.4 Å². The lowest BCUT2D eigenvalue weighted by atomic mass is 10.1. The van der Waals surface area contributed by atoms with Crippen LogP contribution in [0.2, 0.25) is 5.02 Å². The van der Waals surface area contributed by atoms with Crippen molar-refractivity contribution in [2.45, 2.75) is 12.7 Å². The van der Waals surface area contributed by atoms with Gasteiger partial charge >= 0.3 is 6.18 Å². The molecule has 0 saturated heterocycles. The topological polar surface area (TPSA) is 64.0 Å². The number of benzene rings is 2. The Bertz CT molecular complexity index is 1310. The molecule has 4 aromatic rings. The Hall–Kier alpha value is -2.91. The number of carbonyl (C=O) groups is 1. The first-order chi connectivity index (χ1) is 13.7. The molecule has 4 rings (SSSR count). The molecule has 148 valence electrons. The van der Waals surface area contributed by atoms with Crippen LogP contribution in [0.4, 0.5) is 18.3 Å². The van der Waals surface area contributed by atoms with Gasteiger partial charge in [-0.1, -0.05) is 53.3 Å². The number of amides is 1. The third kappa shape index (κ3) is 3.83. The average molecular weight is 438 g/mol. The van der Waals surface area contributed by atoms with E-state index >= 15 is 0 Å². The molecule has 1 N–H and O–H groups in total. The highest BCUT2D eigenvalue weighted by atomic mass is 35.5. The van der Waals surface area contributed by atoms with Gasteiger partial charge in [0.15, 0.2) is 5.13 Å². The van der Waals surface area contributed by atoms with Crippen LogP contribution in [0, 0.1) is 0 Å². The standard InChI is InChI=1S/C19H11ClF3N3O2S/c20-13-7-11(19(21,22)23)8-26(17(13)28)9-15(27)24-18-25-16-12-4-2-1-3-10(12)5-6-14(16)29-18/h1-8H,9H2,(H,24,25,27). The number of pyridine rings is 1. The van der Waals surface area contributed by atoms with Crippen LogP contribution in [0.25, 0.3) is 21.0 Å². The minimum Gasteiger partial charge on any atom is -0.304 e. The first-order valence-corrected chi connectivity index (χ1v) is 9.47. The molecule has 0 saturated carbocycles. The molecule has 0 atom stereocenters. The normalized spacial score (nSPS) is 11.9. The van der Waals surface area contributed by atoms with E-state index in [-0.39, 0.29) is 5.13 Å². The maximum absolute atomic E-state index is 12.9. The van der Waals surface area contributed by atoms with Crippen molar-refractivity contribution in [2.75, 3.05) is 5.32 Å². The number of nitrogens with one attached hydrogen (secondary N) is 1. The Morgan fingerprint density at radius 1 is 1.21 bits per heavy atom. The first-order valence-electron chi connectivity index (χ1n) is 8.28. The molecule has 0 radical (unpaired) electrons. The van der Waals surface area contributed by atoms with Crippen LogP contribution in [0.1, 0.15) is 5.56 Å². The Balaban J connectivity index is 1.61. The molecule has 0 spiro atoms. The van der Waals surface area contributed by atoms with Gasteiger partial charge in [-0.2, -0.15) is 13.2 Å². The van der Waals surface area contributed by atoms with E-state index in [9.17, 15) is 22.8 Å². The molecule has 0 fully saturated rings. The number of carbonyl (C=O) groups excluding carboxylic acids is 1. The fourth-order valence-corrected chi connectivity index (χ4v) is 4.02. The van der Waals surface area contributed by atoms with E-state index < -0.39 is 34.8 Å². The van der Waals surface area contributed by atoms with Gasteiger partial charge in [0, 0.05) is 11.6 Å². The minimum atomic E-state index is -4.69. The lowest BCUT2D eigenvalue weighted by Gasteiger charge is -2.11. The third-order valence-electron chi connectivity index (χ3n) is 4.21. The van der Waals surface area contributed by atoms with E-state index in [0.717, 1.165) is 15.5 Å². The van der Waals surface area contributed by atoms with Gasteiger partial charge < -0.3 is 9.88 Å². The molecule has 2 heterocycles. The van der Waals surface area contributed by atoms with Gasteiger partial charge in [0.1, 0.15) is 11.6 Å². The highest BCUT2D eigenvalue weighted by Gasteiger charge is 2.32. The lowest BCUT2D eigenvalue weighted by Crippen LogP contribution is -2.29. The second-order valence-electron chi connectivity index (χ2n) is 6.21. The maximum atomic E-state index is 12.9. The number of rotatable bonds is 3. The van der Waals surface area contributed by atoms with E-state index in [1.165, 1.54) is 11.3 Å². The Kier molecular flexibility index (Phi) is 4.79. The summed E-state index contributed by atoms with van der Waals surface area (Å²) in [5.74, 6) is -0.689. The van der Waals surface area contributed by atoms with E-state index in [2.05, 4.69) is 10.3 Å². The fourth-order valence-electron chi connectivity index (χ4n) is 2.90. The van der Waals surface area contributed by atoms with Crippen molar-refractivity contribution in [2.24, 2.45) is 0 Å². The molecule has 5 nitrogen and oxygen atoms in total. The fraction of sp³-hybridized carbons (Fsp3) is 0.105. The Morgan fingerprint density at radius 3 is 2.72 bits per heavy atom. The lowest BCUT2D eigenvalue weighted by molar-refractivity contribution is -0.138. The summed E-state index contributed by atoms with van der Waals surface area (Å²) in [6.07, 6.45) is -4.12. The van der Waals surface area contributed by atoms with Crippen LogP contribution in [-0.2, 0) is 17.5 Å². The van der Waals surface area contributed by atoms with E-state index in [1.54, 1.807) is 0 Å². The Labute approximate surface area is 170 Å². The number of hydrogen-bond acceptors (Lipinski definition) is 4. The number of halogens is 4. The highest BCUT2D eigenvalue weighted by molar-refractivity contribution is 7.22. The SMILES string of the molecule is O=C(Cn1cc(C(F)(F)F)cc(Cl)c1=O)Nc1nc2c(ccc3ccccc32)s1. The zero-order valence-corrected chi connectivity index (χ0v) is 16.0. The summed E-state index contributed by atoms with van der Waals surface area (Å²) in [5.41, 5.74) is -1.28. The van der Waals surface area contributed by atoms with Crippen molar-refractivity contribution in [3.63, 3.8) is 0 Å². The number of fused-ring (bicyclic) bond motifs is 3. The van der Waals surface area contributed by atoms with E-state index in [4.69, 9.17) is 11.6 Å². The summed E-state index contributed by atoms with van der Waals surface area (Å²) < 4.78 is 40.3. The molecular weight excluding hydrogens is 427 g/mol. The molecular formula is C19H11ClF3N3O2S. The molecule has 29 heavy (non-hydrogen) atoms. The zero-order valence-electron chi connectivity index (χ0n) is 14.5. The molecule has 0 unspecified atom stereocenters. The predicted octanol–water partition coefficient (Wildman–Crippen LogP) is 4.92. The molecule has 1 amide bonds. The van der Waals surface area contributed by atoms with Crippen molar-refractivity contribution in [3.8, 4) is 0 Å². The van der Waals surface area contributed by atoms with Crippen LogP contribution < -0.4 is 10.9 Å². The summed E-state index contributed by atoms with van der Waals surface area (Å²) in [4.78, 5) is 28.7. The number of alkyl halides is 3. The summed E-state index contributed by atoms with van der Waals surface area (Å²) in [7, 11) is 0. The summed E-state index contributed by atoms with van der Waals surface area (Å²) in [5, 5.41) is 4.12. The molecule has 10 heteroatoms. The summed E-state index contributed by atoms with van der Waals surface area (Å²) in [6.45, 7) is -0.626. The monoisotopic (exact) mass is 437 g/mol. The molecule has 0 aliphatic rings. The number of thiazole rings is 1. The van der Waals surface area contributed by atoms with Crippen LogP contribution in [0.3, 0.4) is 0 Å². The van der Waals surface area contributed by atoms with Crippen molar-refractivity contribution >= 4 is 55.0 Å². The van der Waals surface area contributed by atoms with Crippen LogP contribution in [0.15, 0.2) is 53.5 Å². The molecule has 0 aliphatic heterocycles. The largest absolute Gasteiger partial charge is 0.417 e. The number of nitrogens with zero attached hydrogens (tertiary/aromatic N) is 2. The number of aromatic nitrogens is 2. The smallest absolute Gasteiger partial charge is 0.304 e. The summed E-state index contributed by atoms with van der Waals surface area (Å²) in [6, 6.07) is 12.0. The average Bonchev–Trinajstić information content (AvgIpc) is 3.07. The number of anilines is 1.